The number of urea groups is 1. The molecule has 1 aliphatic rings. The molecule has 6 nitrogen and oxygen atoms in total. The van der Waals surface area contributed by atoms with Crippen molar-refractivity contribution in [2.24, 2.45) is 0 Å². The summed E-state index contributed by atoms with van der Waals surface area (Å²) in [6.45, 7) is 0.296. The van der Waals surface area contributed by atoms with Crippen molar-refractivity contribution in [3.63, 3.8) is 0 Å². The fourth-order valence-corrected chi connectivity index (χ4v) is 2.35. The number of carbonyl (C=O) groups is 2. The van der Waals surface area contributed by atoms with Crippen LogP contribution in [0.3, 0.4) is 0 Å². The van der Waals surface area contributed by atoms with Gasteiger partial charge in [-0.1, -0.05) is 22.0 Å². The van der Waals surface area contributed by atoms with E-state index >= 15 is 0 Å². The lowest BCUT2D eigenvalue weighted by molar-refractivity contribution is -0.120. The average Bonchev–Trinajstić information content (AvgIpc) is 2.38. The Hall–Kier alpha value is -2.02. The van der Waals surface area contributed by atoms with E-state index in [9.17, 15) is 9.59 Å². The first kappa shape index (κ1) is 12.0. The van der Waals surface area contributed by atoms with Crippen LogP contribution in [0, 0.1) is 0 Å². The molecule has 0 aliphatic carbocycles. The van der Waals surface area contributed by atoms with Gasteiger partial charge >= 0.3 is 6.03 Å². The number of benzene rings is 1. The third kappa shape index (κ3) is 2.17. The molecule has 1 saturated heterocycles. The zero-order chi connectivity index (χ0) is 13.4. The predicted octanol–water partition coefficient (Wildman–Crippen LogP) is 1.84. The van der Waals surface area contributed by atoms with E-state index in [1.54, 1.807) is 6.20 Å². The third-order valence-corrected chi connectivity index (χ3v) is 3.55. The van der Waals surface area contributed by atoms with Gasteiger partial charge in [0.25, 0.3) is 0 Å². The van der Waals surface area contributed by atoms with Crippen LogP contribution in [0.25, 0.3) is 10.9 Å². The number of nitrogens with zero attached hydrogens (tertiary/aromatic N) is 3. The van der Waals surface area contributed by atoms with Gasteiger partial charge < -0.3 is 0 Å². The molecule has 0 spiro atoms. The van der Waals surface area contributed by atoms with Gasteiger partial charge in [0, 0.05) is 29.0 Å². The number of hydrogen-bond donors (Lipinski definition) is 1. The lowest BCUT2D eigenvalue weighted by Gasteiger charge is -2.24. The van der Waals surface area contributed by atoms with Gasteiger partial charge in [0.15, 0.2) is 0 Å². The number of carbonyl (C=O) groups excluding carboxylic acids is 2. The summed E-state index contributed by atoms with van der Waals surface area (Å²) in [4.78, 5) is 32.7. The zero-order valence-corrected chi connectivity index (χ0v) is 11.3. The van der Waals surface area contributed by atoms with Gasteiger partial charge in [-0.3, -0.25) is 15.0 Å². The molecule has 96 valence electrons. The molecule has 2 aromatic rings. The first-order valence-corrected chi connectivity index (χ1v) is 6.47. The molecule has 0 unspecified atom stereocenters. The van der Waals surface area contributed by atoms with Gasteiger partial charge in [-0.15, -0.1) is 0 Å². The van der Waals surface area contributed by atoms with Crippen molar-refractivity contribution in [3.05, 3.63) is 28.9 Å². The number of rotatable bonds is 1. The average molecular weight is 321 g/mol. The Morgan fingerprint density at radius 3 is 2.95 bits per heavy atom. The minimum absolute atomic E-state index is 0.256. The van der Waals surface area contributed by atoms with Crippen molar-refractivity contribution in [1.29, 1.82) is 0 Å². The van der Waals surface area contributed by atoms with Crippen LogP contribution in [0.15, 0.2) is 28.9 Å². The van der Waals surface area contributed by atoms with Crippen LogP contribution in [0.4, 0.5) is 10.7 Å². The first-order chi connectivity index (χ1) is 9.15. The number of anilines is 1. The molecule has 3 amide bonds. The van der Waals surface area contributed by atoms with Crippen molar-refractivity contribution in [1.82, 2.24) is 15.3 Å². The standard InChI is InChI=1S/C12H9BrN4O2/c13-8-2-1-3-9-7(8)6-14-11(15-9)17-5-4-10(18)16-12(17)19/h1-3,6H,4-5H2,(H,16,18,19). The van der Waals surface area contributed by atoms with Crippen molar-refractivity contribution >= 4 is 44.7 Å². The predicted molar refractivity (Wildman–Crippen MR) is 72.7 cm³/mol. The molecule has 0 bridgehead atoms. The summed E-state index contributed by atoms with van der Waals surface area (Å²) >= 11 is 3.42. The second-order valence-electron chi connectivity index (χ2n) is 4.10. The topological polar surface area (TPSA) is 75.2 Å². The maximum absolute atomic E-state index is 11.7. The molecule has 3 rings (SSSR count). The van der Waals surface area contributed by atoms with Crippen LogP contribution in [0.2, 0.25) is 0 Å². The van der Waals surface area contributed by atoms with Crippen molar-refractivity contribution in [3.8, 4) is 0 Å². The van der Waals surface area contributed by atoms with E-state index in [-0.39, 0.29) is 12.3 Å². The SMILES string of the molecule is O=C1CCN(c2ncc3c(Br)cccc3n2)C(=O)N1. The summed E-state index contributed by atoms with van der Waals surface area (Å²) in [6, 6.07) is 5.13. The molecule has 1 aromatic heterocycles. The van der Waals surface area contributed by atoms with E-state index in [2.05, 4.69) is 31.2 Å². The number of nitrogens with one attached hydrogen (secondary N) is 1. The smallest absolute Gasteiger partial charge is 0.278 e. The number of hydrogen-bond acceptors (Lipinski definition) is 4. The summed E-state index contributed by atoms with van der Waals surface area (Å²) in [6.07, 6.45) is 1.91. The summed E-state index contributed by atoms with van der Waals surface area (Å²) < 4.78 is 0.898. The van der Waals surface area contributed by atoms with Crippen molar-refractivity contribution in [2.75, 3.05) is 11.4 Å². The molecule has 0 atom stereocenters. The lowest BCUT2D eigenvalue weighted by atomic mass is 10.2. The Kier molecular flexibility index (Phi) is 2.90. The van der Waals surface area contributed by atoms with E-state index in [1.165, 1.54) is 4.90 Å². The summed E-state index contributed by atoms with van der Waals surface area (Å²) in [5, 5.41) is 3.12. The monoisotopic (exact) mass is 320 g/mol. The molecule has 0 radical (unpaired) electrons. The Balaban J connectivity index is 2.02. The van der Waals surface area contributed by atoms with Gasteiger partial charge in [-0.2, -0.15) is 0 Å². The minimum atomic E-state index is -0.481. The molecular formula is C12H9BrN4O2. The van der Waals surface area contributed by atoms with Crippen LogP contribution >= 0.6 is 15.9 Å². The van der Waals surface area contributed by atoms with Crippen LogP contribution in [-0.2, 0) is 4.79 Å². The van der Waals surface area contributed by atoms with Gasteiger partial charge in [0.2, 0.25) is 11.9 Å². The summed E-state index contributed by atoms with van der Waals surface area (Å²) in [5.41, 5.74) is 0.740. The summed E-state index contributed by atoms with van der Waals surface area (Å²) in [7, 11) is 0. The highest BCUT2D eigenvalue weighted by atomic mass is 79.9. The normalized spacial score (nSPS) is 15.7. The first-order valence-electron chi connectivity index (χ1n) is 5.68. The van der Waals surface area contributed by atoms with Gasteiger partial charge in [0.1, 0.15) is 0 Å². The van der Waals surface area contributed by atoms with Crippen molar-refractivity contribution < 1.29 is 9.59 Å². The minimum Gasteiger partial charge on any atom is -0.278 e. The number of amides is 3. The number of halogens is 1. The number of imide groups is 1. The van der Waals surface area contributed by atoms with Crippen molar-refractivity contribution in [2.45, 2.75) is 6.42 Å². The molecule has 7 heteroatoms. The highest BCUT2D eigenvalue weighted by Crippen LogP contribution is 2.23. The Labute approximate surface area is 117 Å². The van der Waals surface area contributed by atoms with E-state index in [0.29, 0.717) is 12.5 Å². The lowest BCUT2D eigenvalue weighted by Crippen LogP contribution is -2.50. The molecule has 2 heterocycles. The molecule has 1 aliphatic heterocycles. The molecule has 19 heavy (non-hydrogen) atoms. The summed E-state index contributed by atoms with van der Waals surface area (Å²) in [5.74, 6) is 0.0281. The van der Waals surface area contributed by atoms with Crippen LogP contribution in [0.1, 0.15) is 6.42 Å². The fourth-order valence-electron chi connectivity index (χ4n) is 1.89. The zero-order valence-electron chi connectivity index (χ0n) is 9.76. The molecule has 1 fully saturated rings. The molecule has 1 aromatic carbocycles. The maximum atomic E-state index is 11.7. The highest BCUT2D eigenvalue weighted by Gasteiger charge is 2.26. The van der Waals surface area contributed by atoms with Gasteiger partial charge in [-0.25, -0.2) is 14.8 Å². The van der Waals surface area contributed by atoms with Crippen LogP contribution < -0.4 is 10.2 Å². The Morgan fingerprint density at radius 2 is 2.16 bits per heavy atom. The molecular weight excluding hydrogens is 312 g/mol. The van der Waals surface area contributed by atoms with Gasteiger partial charge in [-0.05, 0) is 12.1 Å². The number of fused-ring (bicyclic) bond motifs is 1. The second-order valence-corrected chi connectivity index (χ2v) is 4.95. The Bertz CT molecular complexity index is 688. The van der Waals surface area contributed by atoms with Gasteiger partial charge in [0.05, 0.1) is 5.52 Å². The number of aromatic nitrogens is 2. The second kappa shape index (κ2) is 4.58. The van der Waals surface area contributed by atoms with Crippen LogP contribution in [-0.4, -0.2) is 28.5 Å². The Morgan fingerprint density at radius 1 is 1.32 bits per heavy atom. The largest absolute Gasteiger partial charge is 0.330 e. The van der Waals surface area contributed by atoms with E-state index in [0.717, 1.165) is 15.4 Å². The van der Waals surface area contributed by atoms with E-state index < -0.39 is 6.03 Å². The quantitative estimate of drug-likeness (QED) is 0.870. The molecule has 0 saturated carbocycles. The maximum Gasteiger partial charge on any atom is 0.330 e. The van der Waals surface area contributed by atoms with E-state index in [4.69, 9.17) is 0 Å². The highest BCUT2D eigenvalue weighted by molar-refractivity contribution is 9.10. The van der Waals surface area contributed by atoms with E-state index in [1.807, 2.05) is 18.2 Å². The fraction of sp³-hybridized carbons (Fsp3) is 0.167. The third-order valence-electron chi connectivity index (χ3n) is 2.85. The van der Waals surface area contributed by atoms with Crippen LogP contribution in [0.5, 0.6) is 0 Å². The molecule has 1 N–H and O–H groups in total.